The minimum atomic E-state index is -0.556. The molecule has 0 aliphatic carbocycles. The van der Waals surface area contributed by atoms with Crippen molar-refractivity contribution in [1.82, 2.24) is 10.2 Å². The number of hydrogen-bond acceptors (Lipinski definition) is 6. The van der Waals surface area contributed by atoms with E-state index in [1.54, 1.807) is 24.9 Å². The first kappa shape index (κ1) is 19.2. The van der Waals surface area contributed by atoms with Crippen LogP contribution in [0.4, 0.5) is 10.1 Å². The normalized spacial score (nSPS) is 15.6. The fraction of sp³-hybridized carbons (Fsp3) is 0.143. The lowest BCUT2D eigenvalue weighted by Gasteiger charge is -2.24. The molecule has 1 amide bonds. The largest absolute Gasteiger partial charge is 0.497 e. The summed E-state index contributed by atoms with van der Waals surface area (Å²) in [5.41, 5.74) is 0.683. The molecule has 6 nitrogen and oxygen atoms in total. The van der Waals surface area contributed by atoms with Gasteiger partial charge in [-0.25, -0.2) is 4.39 Å². The number of anilines is 1. The summed E-state index contributed by atoms with van der Waals surface area (Å²) in [5, 5.41) is 3.41. The molecule has 1 N–H and O–H groups in total. The number of fused-ring (bicyclic) bond motifs is 1. The Hall–Kier alpha value is -3.10. The van der Waals surface area contributed by atoms with Crippen molar-refractivity contribution >= 4 is 29.2 Å². The number of benzene rings is 2. The highest BCUT2D eigenvalue weighted by atomic mass is 32.2. The smallest absolute Gasteiger partial charge is 0.285 e. The van der Waals surface area contributed by atoms with Gasteiger partial charge in [0.15, 0.2) is 0 Å². The Morgan fingerprint density at radius 2 is 2.07 bits per heavy atom. The third kappa shape index (κ3) is 3.90. The second kappa shape index (κ2) is 8.10. The zero-order chi connectivity index (χ0) is 20.4. The van der Waals surface area contributed by atoms with E-state index in [2.05, 4.69) is 15.2 Å². The molecular formula is C21H19FN4O2S+. The highest BCUT2D eigenvalue weighted by Crippen LogP contribution is 2.34. The maximum Gasteiger partial charge on any atom is 0.285 e. The SMILES string of the molecule is CNC(=O)c1ccc(N2C=CC3=NC=C(Sc4ccc(OC)cc4)[N+]3C2)cc1F. The van der Waals surface area contributed by atoms with Crippen LogP contribution >= 0.6 is 11.8 Å². The van der Waals surface area contributed by atoms with Crippen molar-refractivity contribution in [3.05, 3.63) is 77.4 Å². The van der Waals surface area contributed by atoms with Crippen LogP contribution < -0.4 is 19.9 Å². The minimum Gasteiger partial charge on any atom is -0.497 e. The molecule has 29 heavy (non-hydrogen) atoms. The number of ether oxygens (including phenoxy) is 1. The topological polar surface area (TPSA) is 59.8 Å². The third-order valence-corrected chi connectivity index (χ3v) is 5.63. The highest BCUT2D eigenvalue weighted by Gasteiger charge is 2.37. The fourth-order valence-electron chi connectivity index (χ4n) is 3.02. The second-order valence-electron chi connectivity index (χ2n) is 6.33. The van der Waals surface area contributed by atoms with Gasteiger partial charge in [-0.05, 0) is 54.2 Å². The number of thioether (sulfide) groups is 1. The standard InChI is InChI=1S/C21H19FN4O2S/c1-23-21(27)17-8-3-14(11-18(17)22)25-10-9-19-24-12-20(26(19)13-25)29-16-6-4-15(28-2)5-7-16/h3-12H,13H2,1-2H3,(H,23,27)/q+1. The Bertz CT molecular complexity index is 1030. The van der Waals surface area contributed by atoms with Gasteiger partial charge in [0.1, 0.15) is 17.8 Å². The van der Waals surface area contributed by atoms with Gasteiger partial charge in [0, 0.05) is 29.9 Å². The van der Waals surface area contributed by atoms with Gasteiger partial charge >= 0.3 is 0 Å². The van der Waals surface area contributed by atoms with Crippen LogP contribution in [0.5, 0.6) is 5.75 Å². The first-order chi connectivity index (χ1) is 14.1. The Morgan fingerprint density at radius 3 is 2.76 bits per heavy atom. The fourth-order valence-corrected chi connectivity index (χ4v) is 3.90. The highest BCUT2D eigenvalue weighted by molar-refractivity contribution is 8.03. The van der Waals surface area contributed by atoms with Gasteiger partial charge in [-0.1, -0.05) is 4.90 Å². The molecule has 4 rings (SSSR count). The Kier molecular flexibility index (Phi) is 5.37. The number of aliphatic imine (C=N–C) groups is 1. The lowest BCUT2D eigenvalue weighted by atomic mass is 10.1. The van der Waals surface area contributed by atoms with Crippen molar-refractivity contribution in [3.63, 3.8) is 0 Å². The van der Waals surface area contributed by atoms with Gasteiger partial charge in [0.2, 0.25) is 11.7 Å². The van der Waals surface area contributed by atoms with Crippen molar-refractivity contribution in [3.8, 4) is 5.75 Å². The van der Waals surface area contributed by atoms with Crippen LogP contribution in [0.3, 0.4) is 0 Å². The van der Waals surface area contributed by atoms with E-state index < -0.39 is 11.7 Å². The van der Waals surface area contributed by atoms with Crippen LogP contribution in [0.2, 0.25) is 0 Å². The van der Waals surface area contributed by atoms with Crippen LogP contribution in [-0.2, 0) is 0 Å². The molecule has 0 aromatic heterocycles. The van der Waals surface area contributed by atoms with Gasteiger partial charge in [-0.3, -0.25) is 9.69 Å². The molecule has 8 heteroatoms. The number of rotatable bonds is 5. The summed E-state index contributed by atoms with van der Waals surface area (Å²) in [5.74, 6) is 0.638. The quantitative estimate of drug-likeness (QED) is 0.765. The van der Waals surface area contributed by atoms with Crippen LogP contribution in [0.1, 0.15) is 10.4 Å². The average Bonchev–Trinajstić information content (AvgIpc) is 3.15. The molecule has 2 aromatic carbocycles. The molecule has 0 bridgehead atoms. The van der Waals surface area contributed by atoms with Crippen molar-refractivity contribution in [1.29, 1.82) is 0 Å². The maximum atomic E-state index is 14.4. The molecule has 0 fully saturated rings. The summed E-state index contributed by atoms with van der Waals surface area (Å²) < 4.78 is 19.6. The summed E-state index contributed by atoms with van der Waals surface area (Å²) in [6.07, 6.45) is 5.57. The minimum absolute atomic E-state index is 0.0244. The van der Waals surface area contributed by atoms with E-state index >= 15 is 0 Å². The number of hydrogen-bond donors (Lipinski definition) is 1. The second-order valence-corrected chi connectivity index (χ2v) is 7.42. The van der Waals surface area contributed by atoms with Gasteiger partial charge in [-0.2, -0.15) is 4.99 Å². The van der Waals surface area contributed by atoms with Crippen LogP contribution in [0, 0.1) is 5.82 Å². The predicted molar refractivity (Wildman–Crippen MR) is 113 cm³/mol. The van der Waals surface area contributed by atoms with Crippen molar-refractivity contribution in [2.24, 2.45) is 4.99 Å². The number of nitrogens with one attached hydrogen (secondary N) is 1. The number of nitrogens with zero attached hydrogens (tertiary/aromatic N) is 3. The molecule has 0 spiro atoms. The molecule has 0 saturated heterocycles. The lowest BCUT2D eigenvalue weighted by Crippen LogP contribution is -2.43. The van der Waals surface area contributed by atoms with Crippen molar-refractivity contribution in [2.75, 3.05) is 25.7 Å². The number of carbonyl (C=O) groups excluding carboxylic acids is 1. The Labute approximate surface area is 172 Å². The molecule has 0 saturated carbocycles. The van der Waals surface area contributed by atoms with E-state index in [-0.39, 0.29) is 5.56 Å². The number of methoxy groups -OCH3 is 1. The van der Waals surface area contributed by atoms with Crippen LogP contribution in [0.15, 0.2) is 75.9 Å². The molecule has 2 aromatic rings. The predicted octanol–water partition coefficient (Wildman–Crippen LogP) is 3.63. The molecule has 2 aliphatic rings. The summed E-state index contributed by atoms with van der Waals surface area (Å²) >= 11 is 1.60. The van der Waals surface area contributed by atoms with E-state index in [4.69, 9.17) is 4.74 Å². The lowest BCUT2D eigenvalue weighted by molar-refractivity contribution is 0.0959. The summed E-state index contributed by atoms with van der Waals surface area (Å²) in [4.78, 5) is 21.2. The first-order valence-corrected chi connectivity index (χ1v) is 9.74. The molecule has 147 valence electrons. The summed E-state index contributed by atoms with van der Waals surface area (Å²) in [6.45, 7) is 0.489. The first-order valence-electron chi connectivity index (χ1n) is 8.93. The Balaban J connectivity index is 1.50. The molecular weight excluding hydrogens is 391 g/mol. The van der Waals surface area contributed by atoms with Crippen molar-refractivity contribution < 1.29 is 13.9 Å². The van der Waals surface area contributed by atoms with Gasteiger partial charge in [-0.15, -0.1) is 0 Å². The molecule has 2 aliphatic heterocycles. The summed E-state index contributed by atoms with van der Waals surface area (Å²) in [7, 11) is 3.12. The average molecular weight is 410 g/mol. The number of amidine groups is 1. The number of carbonyl (C=O) groups is 1. The molecule has 0 atom stereocenters. The monoisotopic (exact) mass is 410 g/mol. The third-order valence-electron chi connectivity index (χ3n) is 4.59. The van der Waals surface area contributed by atoms with Gasteiger partial charge in [0.25, 0.3) is 11.7 Å². The summed E-state index contributed by atoms with van der Waals surface area (Å²) in [6, 6.07) is 12.4. The van der Waals surface area contributed by atoms with E-state index in [9.17, 15) is 9.18 Å². The molecule has 2 heterocycles. The molecule has 0 unspecified atom stereocenters. The van der Waals surface area contributed by atoms with Crippen LogP contribution in [0.25, 0.3) is 0 Å². The van der Waals surface area contributed by atoms with Gasteiger partial charge in [0.05, 0.1) is 12.7 Å². The van der Waals surface area contributed by atoms with Gasteiger partial charge < -0.3 is 10.1 Å². The zero-order valence-corrected chi connectivity index (χ0v) is 16.7. The maximum absolute atomic E-state index is 14.4. The van der Waals surface area contributed by atoms with Crippen LogP contribution in [-0.4, -0.2) is 32.6 Å². The van der Waals surface area contributed by atoms with E-state index in [1.807, 2.05) is 47.6 Å². The van der Waals surface area contributed by atoms with E-state index in [0.717, 1.165) is 21.5 Å². The van der Waals surface area contributed by atoms with E-state index in [1.165, 1.54) is 19.2 Å². The van der Waals surface area contributed by atoms with Crippen molar-refractivity contribution in [2.45, 2.75) is 4.90 Å². The number of halogens is 1. The zero-order valence-electron chi connectivity index (χ0n) is 15.9. The van der Waals surface area contributed by atoms with E-state index in [0.29, 0.717) is 12.4 Å². The Morgan fingerprint density at radius 1 is 1.28 bits per heavy atom. The number of amides is 1. The molecule has 1 radical (unpaired) electrons.